The van der Waals surface area contributed by atoms with Crippen LogP contribution in [0, 0.1) is 0 Å². The number of thiophene rings is 1. The van der Waals surface area contributed by atoms with Crippen molar-refractivity contribution in [3.05, 3.63) is 22.4 Å². The van der Waals surface area contributed by atoms with E-state index in [1.165, 1.54) is 0 Å². The molecule has 18 heavy (non-hydrogen) atoms. The van der Waals surface area contributed by atoms with E-state index in [1.54, 1.807) is 11.3 Å². The number of urea groups is 1. The second-order valence-electron chi connectivity index (χ2n) is 4.62. The molecule has 2 heterocycles. The zero-order chi connectivity index (χ0) is 12.8. The largest absolute Gasteiger partial charge is 0.387 e. The van der Waals surface area contributed by atoms with Gasteiger partial charge in [-0.15, -0.1) is 11.3 Å². The van der Waals surface area contributed by atoms with E-state index < -0.39 is 5.60 Å². The summed E-state index contributed by atoms with van der Waals surface area (Å²) < 4.78 is 0. The van der Waals surface area contributed by atoms with Crippen molar-refractivity contribution in [1.29, 1.82) is 0 Å². The fourth-order valence-electron chi connectivity index (χ4n) is 1.99. The SMILES string of the molecule is O=C(NCc1cccs1)NC[C@]1(O)CCCNC1. The van der Waals surface area contributed by atoms with Crippen LogP contribution in [0.25, 0.3) is 0 Å². The summed E-state index contributed by atoms with van der Waals surface area (Å²) in [6, 6.07) is 3.70. The van der Waals surface area contributed by atoms with E-state index in [4.69, 9.17) is 0 Å². The highest BCUT2D eigenvalue weighted by molar-refractivity contribution is 7.09. The van der Waals surface area contributed by atoms with E-state index in [0.717, 1.165) is 24.3 Å². The van der Waals surface area contributed by atoms with Crippen LogP contribution in [0.2, 0.25) is 0 Å². The fraction of sp³-hybridized carbons (Fsp3) is 0.583. The van der Waals surface area contributed by atoms with Crippen LogP contribution in [0.3, 0.4) is 0 Å². The number of carbonyl (C=O) groups excluding carboxylic acids is 1. The molecular formula is C12H19N3O2S. The van der Waals surface area contributed by atoms with Crippen molar-refractivity contribution in [2.24, 2.45) is 0 Å². The predicted molar refractivity (Wildman–Crippen MR) is 71.6 cm³/mol. The van der Waals surface area contributed by atoms with Crippen LogP contribution >= 0.6 is 11.3 Å². The van der Waals surface area contributed by atoms with Gasteiger partial charge in [-0.05, 0) is 30.8 Å². The van der Waals surface area contributed by atoms with Gasteiger partial charge in [0, 0.05) is 18.0 Å². The summed E-state index contributed by atoms with van der Waals surface area (Å²) in [7, 11) is 0. The number of hydrogen-bond donors (Lipinski definition) is 4. The molecule has 1 aliphatic rings. The van der Waals surface area contributed by atoms with Crippen LogP contribution in [0.15, 0.2) is 17.5 Å². The van der Waals surface area contributed by atoms with E-state index in [2.05, 4.69) is 16.0 Å². The quantitative estimate of drug-likeness (QED) is 0.649. The van der Waals surface area contributed by atoms with Gasteiger partial charge in [-0.3, -0.25) is 0 Å². The van der Waals surface area contributed by atoms with Gasteiger partial charge >= 0.3 is 6.03 Å². The van der Waals surface area contributed by atoms with Gasteiger partial charge in [-0.2, -0.15) is 0 Å². The van der Waals surface area contributed by atoms with Crippen LogP contribution in [-0.2, 0) is 6.54 Å². The Hall–Kier alpha value is -1.11. The third-order valence-electron chi connectivity index (χ3n) is 3.03. The third-order valence-corrected chi connectivity index (χ3v) is 3.91. The van der Waals surface area contributed by atoms with Crippen molar-refractivity contribution < 1.29 is 9.90 Å². The molecule has 1 aromatic rings. The molecule has 4 N–H and O–H groups in total. The van der Waals surface area contributed by atoms with Gasteiger partial charge in [-0.25, -0.2) is 4.79 Å². The molecule has 2 amide bonds. The van der Waals surface area contributed by atoms with Crippen LogP contribution in [0.5, 0.6) is 0 Å². The number of carbonyl (C=O) groups is 1. The van der Waals surface area contributed by atoms with Crippen LogP contribution in [-0.4, -0.2) is 36.4 Å². The molecule has 0 unspecified atom stereocenters. The number of piperidine rings is 1. The van der Waals surface area contributed by atoms with Crippen molar-refractivity contribution in [2.75, 3.05) is 19.6 Å². The van der Waals surface area contributed by atoms with Crippen LogP contribution < -0.4 is 16.0 Å². The number of nitrogens with one attached hydrogen (secondary N) is 3. The number of aliphatic hydroxyl groups is 1. The van der Waals surface area contributed by atoms with Gasteiger partial charge in [0.25, 0.3) is 0 Å². The summed E-state index contributed by atoms with van der Waals surface area (Å²) in [5, 5.41) is 20.8. The summed E-state index contributed by atoms with van der Waals surface area (Å²) in [5.74, 6) is 0. The normalized spacial score (nSPS) is 23.6. The fourth-order valence-corrected chi connectivity index (χ4v) is 2.64. The van der Waals surface area contributed by atoms with Gasteiger partial charge in [0.15, 0.2) is 0 Å². The molecule has 5 nitrogen and oxygen atoms in total. The lowest BCUT2D eigenvalue weighted by Gasteiger charge is -2.32. The van der Waals surface area contributed by atoms with Crippen molar-refractivity contribution >= 4 is 17.4 Å². The monoisotopic (exact) mass is 269 g/mol. The average Bonchev–Trinajstić information content (AvgIpc) is 2.88. The summed E-state index contributed by atoms with van der Waals surface area (Å²) in [6.45, 7) is 2.29. The zero-order valence-corrected chi connectivity index (χ0v) is 11.1. The average molecular weight is 269 g/mol. The summed E-state index contributed by atoms with van der Waals surface area (Å²) in [4.78, 5) is 12.7. The lowest BCUT2D eigenvalue weighted by atomic mass is 9.94. The first-order valence-corrected chi connectivity index (χ1v) is 7.03. The van der Waals surface area contributed by atoms with E-state index in [-0.39, 0.29) is 12.6 Å². The Morgan fingerprint density at radius 1 is 1.56 bits per heavy atom. The summed E-state index contributed by atoms with van der Waals surface area (Å²) in [5.41, 5.74) is -0.807. The number of rotatable bonds is 4. The minimum Gasteiger partial charge on any atom is -0.387 e. The Morgan fingerprint density at radius 3 is 3.11 bits per heavy atom. The molecule has 1 fully saturated rings. The molecule has 0 radical (unpaired) electrons. The molecule has 0 bridgehead atoms. The van der Waals surface area contributed by atoms with Gasteiger partial charge in [0.05, 0.1) is 12.1 Å². The van der Waals surface area contributed by atoms with Gasteiger partial charge in [0.1, 0.15) is 0 Å². The number of hydrogen-bond acceptors (Lipinski definition) is 4. The molecule has 100 valence electrons. The van der Waals surface area contributed by atoms with E-state index in [0.29, 0.717) is 13.1 Å². The van der Waals surface area contributed by atoms with E-state index >= 15 is 0 Å². The van der Waals surface area contributed by atoms with Gasteiger partial charge < -0.3 is 21.1 Å². The maximum Gasteiger partial charge on any atom is 0.315 e. The first kappa shape index (κ1) is 13.3. The highest BCUT2D eigenvalue weighted by Gasteiger charge is 2.29. The first-order valence-electron chi connectivity index (χ1n) is 6.15. The van der Waals surface area contributed by atoms with E-state index in [1.807, 2.05) is 17.5 Å². The van der Waals surface area contributed by atoms with Gasteiger partial charge in [0.2, 0.25) is 0 Å². The molecule has 1 saturated heterocycles. The van der Waals surface area contributed by atoms with Crippen molar-refractivity contribution in [2.45, 2.75) is 25.0 Å². The number of amides is 2. The van der Waals surface area contributed by atoms with Crippen LogP contribution in [0.4, 0.5) is 4.79 Å². The molecule has 1 atom stereocenters. The standard InChI is InChI=1S/C12H19N3O2S/c16-11(14-7-10-3-1-6-18-10)15-9-12(17)4-2-5-13-8-12/h1,3,6,13,17H,2,4-5,7-9H2,(H2,14,15,16)/t12-/m0/s1. The molecule has 6 heteroatoms. The maximum absolute atomic E-state index is 11.6. The third kappa shape index (κ3) is 3.97. The molecule has 0 aromatic carbocycles. The topological polar surface area (TPSA) is 73.4 Å². The number of β-amino-alcohol motifs (C(OH)–C–C–N with tert-alkyl or cyclic N) is 1. The van der Waals surface area contributed by atoms with Crippen molar-refractivity contribution in [1.82, 2.24) is 16.0 Å². The Labute approximate surface area is 111 Å². The van der Waals surface area contributed by atoms with Crippen molar-refractivity contribution in [3.8, 4) is 0 Å². The van der Waals surface area contributed by atoms with Gasteiger partial charge in [-0.1, -0.05) is 6.07 Å². The summed E-state index contributed by atoms with van der Waals surface area (Å²) >= 11 is 1.61. The highest BCUT2D eigenvalue weighted by Crippen LogP contribution is 2.14. The predicted octanol–water partition coefficient (Wildman–Crippen LogP) is 0.662. The second-order valence-corrected chi connectivity index (χ2v) is 5.65. The maximum atomic E-state index is 11.6. The molecule has 0 spiro atoms. The lowest BCUT2D eigenvalue weighted by Crippen LogP contribution is -2.54. The molecule has 0 saturated carbocycles. The molecule has 1 aromatic heterocycles. The smallest absolute Gasteiger partial charge is 0.315 e. The second kappa shape index (κ2) is 6.17. The molecule has 1 aliphatic heterocycles. The van der Waals surface area contributed by atoms with E-state index in [9.17, 15) is 9.90 Å². The summed E-state index contributed by atoms with van der Waals surface area (Å²) in [6.07, 6.45) is 1.67. The highest BCUT2D eigenvalue weighted by atomic mass is 32.1. The van der Waals surface area contributed by atoms with Crippen LogP contribution in [0.1, 0.15) is 17.7 Å². The van der Waals surface area contributed by atoms with Crippen molar-refractivity contribution in [3.63, 3.8) is 0 Å². The Bertz CT molecular complexity index is 375. The Morgan fingerprint density at radius 2 is 2.44 bits per heavy atom. The molecule has 2 rings (SSSR count). The molecule has 0 aliphatic carbocycles. The minimum absolute atomic E-state index is 0.234. The zero-order valence-electron chi connectivity index (χ0n) is 10.2. The first-order chi connectivity index (χ1) is 8.68. The lowest BCUT2D eigenvalue weighted by molar-refractivity contribution is 0.0194. The Balaban J connectivity index is 1.68. The minimum atomic E-state index is -0.807. The Kier molecular flexibility index (Phi) is 4.57. The molecular weight excluding hydrogens is 250 g/mol.